The molecule has 18 heavy (non-hydrogen) atoms. The molecule has 0 saturated heterocycles. The van der Waals surface area contributed by atoms with E-state index in [4.69, 9.17) is 9.84 Å². The number of hydrogen-bond acceptors (Lipinski definition) is 2. The van der Waals surface area contributed by atoms with E-state index in [2.05, 4.69) is 26.0 Å². The molecule has 0 aromatic heterocycles. The van der Waals surface area contributed by atoms with Crippen molar-refractivity contribution in [2.75, 3.05) is 0 Å². The molecule has 0 bridgehead atoms. The Kier molecular flexibility index (Phi) is 4.38. The van der Waals surface area contributed by atoms with Crippen LogP contribution in [0, 0.1) is 5.41 Å². The molecule has 0 heterocycles. The molecule has 1 aromatic carbocycles. The van der Waals surface area contributed by atoms with E-state index >= 15 is 0 Å². The van der Waals surface area contributed by atoms with Crippen molar-refractivity contribution in [2.24, 2.45) is 5.41 Å². The number of carboxylic acid groups (broad SMARTS) is 1. The number of rotatable bonds is 5. The predicted molar refractivity (Wildman–Crippen MR) is 71.7 cm³/mol. The zero-order valence-corrected chi connectivity index (χ0v) is 11.6. The van der Waals surface area contributed by atoms with E-state index in [1.54, 1.807) is 0 Å². The monoisotopic (exact) mass is 250 g/mol. The van der Waals surface area contributed by atoms with Gasteiger partial charge in [0.2, 0.25) is 0 Å². The highest BCUT2D eigenvalue weighted by atomic mass is 16.7. The van der Waals surface area contributed by atoms with Gasteiger partial charge in [0.15, 0.2) is 0 Å². The number of carbonyl (C=O) groups is 1. The maximum atomic E-state index is 10.8. The summed E-state index contributed by atoms with van der Waals surface area (Å²) < 4.78 is 5.08. The van der Waals surface area contributed by atoms with Crippen molar-refractivity contribution in [3.63, 3.8) is 0 Å². The minimum Gasteiger partial charge on any atom is -0.450 e. The quantitative estimate of drug-likeness (QED) is 0.800. The lowest BCUT2D eigenvalue weighted by Gasteiger charge is -2.42. The van der Waals surface area contributed by atoms with E-state index in [1.165, 1.54) is 5.56 Å². The van der Waals surface area contributed by atoms with Crippen molar-refractivity contribution in [3.8, 4) is 0 Å². The first-order valence-corrected chi connectivity index (χ1v) is 6.26. The highest BCUT2D eigenvalue weighted by molar-refractivity contribution is 5.57. The van der Waals surface area contributed by atoms with Gasteiger partial charge in [-0.05, 0) is 32.3 Å². The third-order valence-electron chi connectivity index (χ3n) is 4.01. The second kappa shape index (κ2) is 5.42. The van der Waals surface area contributed by atoms with Crippen molar-refractivity contribution in [1.82, 2.24) is 0 Å². The van der Waals surface area contributed by atoms with Gasteiger partial charge in [-0.2, -0.15) is 0 Å². The zero-order chi connectivity index (χ0) is 13.8. The fourth-order valence-corrected chi connectivity index (χ4v) is 2.15. The summed E-state index contributed by atoms with van der Waals surface area (Å²) in [5, 5.41) is 8.85. The molecule has 1 N–H and O–H groups in total. The molecule has 0 radical (unpaired) electrons. The van der Waals surface area contributed by atoms with E-state index in [-0.39, 0.29) is 5.41 Å². The molecule has 100 valence electrons. The molecule has 1 atom stereocenters. The van der Waals surface area contributed by atoms with E-state index in [0.29, 0.717) is 0 Å². The van der Waals surface area contributed by atoms with Crippen LogP contribution in [0.15, 0.2) is 30.3 Å². The first-order chi connectivity index (χ1) is 8.31. The normalized spacial score (nSPS) is 14.9. The summed E-state index contributed by atoms with van der Waals surface area (Å²) in [6, 6.07) is 10.1. The topological polar surface area (TPSA) is 46.5 Å². The lowest BCUT2D eigenvalue weighted by Crippen LogP contribution is -2.46. The molecule has 1 rings (SSSR count). The summed E-state index contributed by atoms with van der Waals surface area (Å²) >= 11 is 0. The fraction of sp³-hybridized carbons (Fsp3) is 0.533. The van der Waals surface area contributed by atoms with Crippen LogP contribution in [0.2, 0.25) is 0 Å². The van der Waals surface area contributed by atoms with Gasteiger partial charge in [-0.15, -0.1) is 0 Å². The van der Waals surface area contributed by atoms with Crippen LogP contribution in [-0.2, 0) is 11.2 Å². The first kappa shape index (κ1) is 14.6. The van der Waals surface area contributed by atoms with Crippen molar-refractivity contribution >= 4 is 6.16 Å². The van der Waals surface area contributed by atoms with Gasteiger partial charge in [-0.25, -0.2) is 4.79 Å². The molecule has 0 aliphatic carbocycles. The van der Waals surface area contributed by atoms with Crippen molar-refractivity contribution < 1.29 is 14.6 Å². The van der Waals surface area contributed by atoms with E-state index < -0.39 is 11.8 Å². The average Bonchev–Trinajstić information content (AvgIpc) is 2.28. The molecule has 0 aliphatic rings. The summed E-state index contributed by atoms with van der Waals surface area (Å²) in [6.07, 6.45) is 0.431. The van der Waals surface area contributed by atoms with Crippen LogP contribution in [0.25, 0.3) is 0 Å². The lowest BCUT2D eigenvalue weighted by atomic mass is 9.69. The molecular formula is C15H22O3. The highest BCUT2D eigenvalue weighted by Gasteiger charge is 2.42. The van der Waals surface area contributed by atoms with Crippen LogP contribution < -0.4 is 0 Å². The van der Waals surface area contributed by atoms with Crippen LogP contribution in [0.5, 0.6) is 0 Å². The molecule has 3 heteroatoms. The van der Waals surface area contributed by atoms with E-state index in [9.17, 15) is 4.79 Å². The van der Waals surface area contributed by atoms with Gasteiger partial charge in [0.1, 0.15) is 5.60 Å². The van der Waals surface area contributed by atoms with Crippen LogP contribution in [0.1, 0.15) is 39.7 Å². The molecule has 0 amide bonds. The zero-order valence-electron chi connectivity index (χ0n) is 11.6. The molecule has 0 spiro atoms. The average molecular weight is 250 g/mol. The van der Waals surface area contributed by atoms with Crippen molar-refractivity contribution in [3.05, 3.63) is 35.9 Å². The Bertz CT molecular complexity index is 397. The summed E-state index contributed by atoms with van der Waals surface area (Å²) in [7, 11) is 0. The standard InChI is InChI=1S/C15H22O3/c1-5-15(4,14(2,3)18-13(16)17)11-12-9-7-6-8-10-12/h6-10H,5,11H2,1-4H3,(H,16,17). The van der Waals surface area contributed by atoms with Crippen LogP contribution >= 0.6 is 0 Å². The van der Waals surface area contributed by atoms with Gasteiger partial charge < -0.3 is 9.84 Å². The molecule has 1 aromatic rings. The van der Waals surface area contributed by atoms with Crippen molar-refractivity contribution in [1.29, 1.82) is 0 Å². The maximum Gasteiger partial charge on any atom is 0.506 e. The molecule has 0 fully saturated rings. The molecule has 3 nitrogen and oxygen atoms in total. The Hall–Kier alpha value is -1.51. The van der Waals surface area contributed by atoms with Gasteiger partial charge in [-0.1, -0.05) is 44.2 Å². The number of hydrogen-bond donors (Lipinski definition) is 1. The van der Waals surface area contributed by atoms with Crippen LogP contribution in [0.3, 0.4) is 0 Å². The second-order valence-electron chi connectivity index (χ2n) is 5.45. The third-order valence-corrected chi connectivity index (χ3v) is 4.01. The molecule has 0 saturated carbocycles. The number of benzene rings is 1. The lowest BCUT2D eigenvalue weighted by molar-refractivity contribution is -0.0774. The molecule has 1 unspecified atom stereocenters. The Morgan fingerprint density at radius 1 is 1.22 bits per heavy atom. The minimum absolute atomic E-state index is 0.229. The van der Waals surface area contributed by atoms with Crippen LogP contribution in [0.4, 0.5) is 4.79 Å². The first-order valence-electron chi connectivity index (χ1n) is 6.26. The summed E-state index contributed by atoms with van der Waals surface area (Å²) in [6.45, 7) is 7.82. The fourth-order valence-electron chi connectivity index (χ4n) is 2.15. The highest BCUT2D eigenvalue weighted by Crippen LogP contribution is 2.40. The predicted octanol–water partition coefficient (Wildman–Crippen LogP) is 4.12. The van der Waals surface area contributed by atoms with Crippen molar-refractivity contribution in [2.45, 2.75) is 46.1 Å². The summed E-state index contributed by atoms with van der Waals surface area (Å²) in [5.74, 6) is 0. The van der Waals surface area contributed by atoms with Gasteiger partial charge >= 0.3 is 6.16 Å². The van der Waals surface area contributed by atoms with Gasteiger partial charge in [0.25, 0.3) is 0 Å². The molecular weight excluding hydrogens is 228 g/mol. The van der Waals surface area contributed by atoms with E-state index in [1.807, 2.05) is 32.0 Å². The van der Waals surface area contributed by atoms with Gasteiger partial charge in [0.05, 0.1) is 0 Å². The SMILES string of the molecule is CCC(C)(Cc1ccccc1)C(C)(C)OC(=O)O. The maximum absolute atomic E-state index is 10.8. The summed E-state index contributed by atoms with van der Waals surface area (Å²) in [5.41, 5.74) is 0.250. The van der Waals surface area contributed by atoms with Gasteiger partial charge in [0, 0.05) is 5.41 Å². The minimum atomic E-state index is -1.22. The third kappa shape index (κ3) is 3.25. The Morgan fingerprint density at radius 2 is 1.78 bits per heavy atom. The largest absolute Gasteiger partial charge is 0.506 e. The van der Waals surface area contributed by atoms with Gasteiger partial charge in [-0.3, -0.25) is 0 Å². The molecule has 0 aliphatic heterocycles. The number of ether oxygens (including phenoxy) is 1. The second-order valence-corrected chi connectivity index (χ2v) is 5.45. The van der Waals surface area contributed by atoms with Crippen LogP contribution in [-0.4, -0.2) is 16.9 Å². The Balaban J connectivity index is 2.94. The summed E-state index contributed by atoms with van der Waals surface area (Å²) in [4.78, 5) is 10.8. The van der Waals surface area contributed by atoms with E-state index in [0.717, 1.165) is 12.8 Å². The smallest absolute Gasteiger partial charge is 0.450 e. The Labute approximate surface area is 109 Å². The Morgan fingerprint density at radius 3 is 2.22 bits per heavy atom.